The van der Waals surface area contributed by atoms with Crippen molar-refractivity contribution in [1.82, 2.24) is 5.32 Å². The Labute approximate surface area is 91.3 Å². The first-order chi connectivity index (χ1) is 7.27. The molecule has 0 amide bonds. The molecule has 88 valence electrons. The fraction of sp³-hybridized carbons (Fsp3) is 0.909. The quantitative estimate of drug-likeness (QED) is 0.670. The molecule has 2 unspecified atom stereocenters. The molecule has 1 aliphatic rings. The number of hydrogen-bond acceptors (Lipinski definition) is 4. The van der Waals surface area contributed by atoms with E-state index in [0.29, 0.717) is 5.92 Å². The van der Waals surface area contributed by atoms with Crippen molar-refractivity contribution < 1.29 is 14.3 Å². The second-order valence-corrected chi connectivity index (χ2v) is 3.96. The Kier molecular flexibility index (Phi) is 5.65. The van der Waals surface area contributed by atoms with E-state index in [1.165, 1.54) is 7.11 Å². The summed E-state index contributed by atoms with van der Waals surface area (Å²) in [5.74, 6) is 0.493. The Balaban J connectivity index is 2.13. The SMILES string of the molecule is CCC(NCCC1CCOC1)C(=O)OC. The normalized spacial score (nSPS) is 22.7. The number of carbonyl (C=O) groups is 1. The average Bonchev–Trinajstić information content (AvgIpc) is 2.76. The first-order valence-electron chi connectivity index (χ1n) is 5.66. The lowest BCUT2D eigenvalue weighted by molar-refractivity contribution is -0.143. The number of hydrogen-bond donors (Lipinski definition) is 1. The minimum atomic E-state index is -0.167. The number of carbonyl (C=O) groups excluding carboxylic acids is 1. The monoisotopic (exact) mass is 215 g/mol. The minimum absolute atomic E-state index is 0.155. The number of rotatable bonds is 6. The summed E-state index contributed by atoms with van der Waals surface area (Å²) < 4.78 is 9.99. The smallest absolute Gasteiger partial charge is 0.322 e. The van der Waals surface area contributed by atoms with Crippen molar-refractivity contribution in [2.24, 2.45) is 5.92 Å². The van der Waals surface area contributed by atoms with E-state index in [1.54, 1.807) is 0 Å². The molecular weight excluding hydrogens is 194 g/mol. The van der Waals surface area contributed by atoms with Crippen molar-refractivity contribution in [1.29, 1.82) is 0 Å². The van der Waals surface area contributed by atoms with Gasteiger partial charge in [0.25, 0.3) is 0 Å². The molecule has 1 fully saturated rings. The van der Waals surface area contributed by atoms with Gasteiger partial charge >= 0.3 is 5.97 Å². The Morgan fingerprint density at radius 3 is 3.00 bits per heavy atom. The zero-order valence-corrected chi connectivity index (χ0v) is 9.62. The standard InChI is InChI=1S/C11H21NO3/c1-3-10(11(13)14-2)12-6-4-9-5-7-15-8-9/h9-10,12H,3-8H2,1-2H3. The lowest BCUT2D eigenvalue weighted by atomic mass is 10.1. The van der Waals surface area contributed by atoms with Crippen LogP contribution in [0.2, 0.25) is 0 Å². The van der Waals surface area contributed by atoms with Gasteiger partial charge in [0.05, 0.1) is 7.11 Å². The molecule has 1 saturated heterocycles. The van der Waals surface area contributed by atoms with Gasteiger partial charge in [0.2, 0.25) is 0 Å². The van der Waals surface area contributed by atoms with Crippen LogP contribution in [0.5, 0.6) is 0 Å². The summed E-state index contributed by atoms with van der Waals surface area (Å²) in [6.07, 6.45) is 3.00. The minimum Gasteiger partial charge on any atom is -0.468 e. The third-order valence-corrected chi connectivity index (χ3v) is 2.86. The summed E-state index contributed by atoms with van der Waals surface area (Å²) >= 11 is 0. The van der Waals surface area contributed by atoms with E-state index in [0.717, 1.165) is 39.0 Å². The summed E-state index contributed by atoms with van der Waals surface area (Å²) in [4.78, 5) is 11.3. The molecule has 0 spiro atoms. The van der Waals surface area contributed by atoms with Gasteiger partial charge in [-0.25, -0.2) is 0 Å². The Morgan fingerprint density at radius 1 is 1.67 bits per heavy atom. The predicted molar refractivity (Wildman–Crippen MR) is 57.6 cm³/mol. The fourth-order valence-electron chi connectivity index (χ4n) is 1.81. The lowest BCUT2D eigenvalue weighted by Gasteiger charge is -2.15. The van der Waals surface area contributed by atoms with Crippen LogP contribution in [0.25, 0.3) is 0 Å². The van der Waals surface area contributed by atoms with Gasteiger partial charge in [-0.15, -0.1) is 0 Å². The van der Waals surface area contributed by atoms with Crippen LogP contribution in [0, 0.1) is 5.92 Å². The lowest BCUT2D eigenvalue weighted by Crippen LogP contribution is -2.38. The summed E-state index contributed by atoms with van der Waals surface area (Å²) in [5, 5.41) is 3.22. The highest BCUT2D eigenvalue weighted by Crippen LogP contribution is 2.15. The van der Waals surface area contributed by atoms with Gasteiger partial charge in [-0.1, -0.05) is 6.92 Å². The van der Waals surface area contributed by atoms with Crippen LogP contribution in [0.15, 0.2) is 0 Å². The average molecular weight is 215 g/mol. The molecular formula is C11H21NO3. The van der Waals surface area contributed by atoms with E-state index < -0.39 is 0 Å². The van der Waals surface area contributed by atoms with Crippen LogP contribution in [-0.2, 0) is 14.3 Å². The molecule has 1 heterocycles. The third kappa shape index (κ3) is 4.18. The topological polar surface area (TPSA) is 47.6 Å². The van der Waals surface area contributed by atoms with E-state index in [1.807, 2.05) is 6.92 Å². The molecule has 1 rings (SSSR count). The molecule has 0 aromatic rings. The number of nitrogens with one attached hydrogen (secondary N) is 1. The van der Waals surface area contributed by atoms with Crippen molar-refractivity contribution in [2.45, 2.75) is 32.2 Å². The summed E-state index contributed by atoms with van der Waals surface area (Å²) in [6.45, 7) is 4.60. The molecule has 0 aliphatic carbocycles. The van der Waals surface area contributed by atoms with Crippen LogP contribution < -0.4 is 5.32 Å². The molecule has 0 aromatic heterocycles. The predicted octanol–water partition coefficient (Wildman–Crippen LogP) is 0.954. The highest BCUT2D eigenvalue weighted by molar-refractivity contribution is 5.75. The van der Waals surface area contributed by atoms with Gasteiger partial charge in [-0.05, 0) is 31.7 Å². The summed E-state index contributed by atoms with van der Waals surface area (Å²) in [6, 6.07) is -0.155. The van der Waals surface area contributed by atoms with Gasteiger partial charge < -0.3 is 14.8 Å². The molecule has 2 atom stereocenters. The molecule has 0 aromatic carbocycles. The zero-order chi connectivity index (χ0) is 11.1. The Hall–Kier alpha value is -0.610. The molecule has 0 radical (unpaired) electrons. The second-order valence-electron chi connectivity index (χ2n) is 3.96. The zero-order valence-electron chi connectivity index (χ0n) is 9.62. The van der Waals surface area contributed by atoms with Gasteiger partial charge in [0.15, 0.2) is 0 Å². The van der Waals surface area contributed by atoms with Crippen LogP contribution in [0.3, 0.4) is 0 Å². The maximum atomic E-state index is 11.3. The van der Waals surface area contributed by atoms with Gasteiger partial charge in [-0.2, -0.15) is 0 Å². The molecule has 0 bridgehead atoms. The van der Waals surface area contributed by atoms with E-state index in [2.05, 4.69) is 5.32 Å². The van der Waals surface area contributed by atoms with Crippen LogP contribution >= 0.6 is 0 Å². The maximum absolute atomic E-state index is 11.3. The van der Waals surface area contributed by atoms with Gasteiger partial charge in [-0.3, -0.25) is 4.79 Å². The Bertz CT molecular complexity index is 190. The number of esters is 1. The Morgan fingerprint density at radius 2 is 2.47 bits per heavy atom. The van der Waals surface area contributed by atoms with E-state index in [4.69, 9.17) is 9.47 Å². The van der Waals surface area contributed by atoms with Crippen LogP contribution in [0.1, 0.15) is 26.2 Å². The van der Waals surface area contributed by atoms with E-state index in [-0.39, 0.29) is 12.0 Å². The number of ether oxygens (including phenoxy) is 2. The van der Waals surface area contributed by atoms with Crippen molar-refractivity contribution in [2.75, 3.05) is 26.9 Å². The highest BCUT2D eigenvalue weighted by Gasteiger charge is 2.18. The maximum Gasteiger partial charge on any atom is 0.322 e. The first-order valence-corrected chi connectivity index (χ1v) is 5.66. The van der Waals surface area contributed by atoms with Gasteiger partial charge in [0.1, 0.15) is 6.04 Å². The molecule has 1 aliphatic heterocycles. The van der Waals surface area contributed by atoms with E-state index in [9.17, 15) is 4.79 Å². The van der Waals surface area contributed by atoms with Crippen LogP contribution in [0.4, 0.5) is 0 Å². The summed E-state index contributed by atoms with van der Waals surface area (Å²) in [5.41, 5.74) is 0. The molecule has 1 N–H and O–H groups in total. The van der Waals surface area contributed by atoms with Crippen molar-refractivity contribution in [3.63, 3.8) is 0 Å². The van der Waals surface area contributed by atoms with E-state index >= 15 is 0 Å². The van der Waals surface area contributed by atoms with Crippen molar-refractivity contribution in [3.05, 3.63) is 0 Å². The molecule has 15 heavy (non-hydrogen) atoms. The molecule has 4 nitrogen and oxygen atoms in total. The first kappa shape index (κ1) is 12.5. The summed E-state index contributed by atoms with van der Waals surface area (Å²) in [7, 11) is 1.43. The highest BCUT2D eigenvalue weighted by atomic mass is 16.5. The van der Waals surface area contributed by atoms with Crippen molar-refractivity contribution >= 4 is 5.97 Å². The molecule has 4 heteroatoms. The van der Waals surface area contributed by atoms with Crippen molar-refractivity contribution in [3.8, 4) is 0 Å². The second kappa shape index (κ2) is 6.80. The van der Waals surface area contributed by atoms with Crippen LogP contribution in [-0.4, -0.2) is 38.9 Å². The molecule has 0 saturated carbocycles. The largest absolute Gasteiger partial charge is 0.468 e. The van der Waals surface area contributed by atoms with Gasteiger partial charge in [0, 0.05) is 13.2 Å². The fourth-order valence-corrected chi connectivity index (χ4v) is 1.81. The third-order valence-electron chi connectivity index (χ3n) is 2.86. The number of methoxy groups -OCH3 is 1.